The van der Waals surface area contributed by atoms with E-state index in [2.05, 4.69) is 6.92 Å². The minimum absolute atomic E-state index is 0.241. The molecule has 58 valence electrons. The number of hydrogen-bond donors (Lipinski definition) is 1. The topological polar surface area (TPSA) is 40.5 Å². The molecule has 0 aromatic carbocycles. The van der Waals surface area contributed by atoms with Gasteiger partial charge < -0.3 is 5.11 Å². The van der Waals surface area contributed by atoms with Crippen molar-refractivity contribution in [1.82, 2.24) is 4.90 Å². The molecule has 3 nitrogen and oxygen atoms in total. The van der Waals surface area contributed by atoms with Crippen LogP contribution >= 0.6 is 0 Å². The van der Waals surface area contributed by atoms with Crippen molar-refractivity contribution in [1.29, 1.82) is 0 Å². The van der Waals surface area contributed by atoms with Crippen molar-refractivity contribution < 1.29 is 9.90 Å². The van der Waals surface area contributed by atoms with Crippen LogP contribution in [0.4, 0.5) is 0 Å². The van der Waals surface area contributed by atoms with Gasteiger partial charge in [0.25, 0.3) is 0 Å². The molecule has 2 atom stereocenters. The zero-order valence-corrected chi connectivity index (χ0v) is 6.37. The average Bonchev–Trinajstić information content (AvgIpc) is 2.10. The van der Waals surface area contributed by atoms with Crippen molar-refractivity contribution in [2.45, 2.75) is 19.4 Å². The lowest BCUT2D eigenvalue weighted by molar-refractivity contribution is -0.141. The van der Waals surface area contributed by atoms with Gasteiger partial charge >= 0.3 is 5.97 Å². The van der Waals surface area contributed by atoms with E-state index in [1.54, 1.807) is 0 Å². The monoisotopic (exact) mass is 143 g/mol. The molecule has 0 unspecified atom stereocenters. The van der Waals surface area contributed by atoms with E-state index in [0.29, 0.717) is 5.92 Å². The highest BCUT2D eigenvalue weighted by atomic mass is 16.4. The van der Waals surface area contributed by atoms with Gasteiger partial charge in [0.15, 0.2) is 0 Å². The average molecular weight is 143 g/mol. The number of likely N-dealkylation sites (tertiary alicyclic amines) is 1. The minimum Gasteiger partial charge on any atom is -0.480 e. The predicted molar refractivity (Wildman–Crippen MR) is 37.8 cm³/mol. The van der Waals surface area contributed by atoms with E-state index in [4.69, 9.17) is 5.11 Å². The Balaban J connectivity index is 2.54. The fraction of sp³-hybridized carbons (Fsp3) is 0.857. The van der Waals surface area contributed by atoms with Crippen LogP contribution in [0.15, 0.2) is 0 Å². The van der Waals surface area contributed by atoms with Crippen LogP contribution in [0, 0.1) is 5.92 Å². The first-order valence-electron chi connectivity index (χ1n) is 3.54. The molecular formula is C7H13NO2. The van der Waals surface area contributed by atoms with E-state index in [-0.39, 0.29) is 6.04 Å². The molecule has 0 aliphatic carbocycles. The highest BCUT2D eigenvalue weighted by Gasteiger charge is 2.31. The van der Waals surface area contributed by atoms with Gasteiger partial charge in [-0.15, -0.1) is 0 Å². The minimum atomic E-state index is -0.688. The molecule has 0 spiro atoms. The lowest BCUT2D eigenvalue weighted by Crippen LogP contribution is -2.32. The van der Waals surface area contributed by atoms with Crippen LogP contribution in [0.5, 0.6) is 0 Å². The van der Waals surface area contributed by atoms with Crippen molar-refractivity contribution in [2.75, 3.05) is 13.6 Å². The molecule has 0 aromatic heterocycles. The van der Waals surface area contributed by atoms with Gasteiger partial charge in [-0.1, -0.05) is 6.92 Å². The second-order valence-electron chi connectivity index (χ2n) is 3.13. The van der Waals surface area contributed by atoms with Gasteiger partial charge in [0.1, 0.15) is 6.04 Å². The molecule has 1 fully saturated rings. The van der Waals surface area contributed by atoms with Gasteiger partial charge in [-0.25, -0.2) is 0 Å². The molecule has 1 heterocycles. The third kappa shape index (κ3) is 1.29. The van der Waals surface area contributed by atoms with Gasteiger partial charge in [-0.05, 0) is 19.4 Å². The molecule has 0 radical (unpaired) electrons. The van der Waals surface area contributed by atoms with Crippen molar-refractivity contribution in [3.8, 4) is 0 Å². The molecule has 0 aromatic rings. The SMILES string of the molecule is C[C@H]1C[C@@H](C(=O)O)N(C)C1. The standard InChI is InChI=1S/C7H13NO2/c1-5-3-6(7(9)10)8(2)4-5/h5-6H,3-4H2,1-2H3,(H,9,10)/t5-,6-/m0/s1. The number of carboxylic acid groups (broad SMARTS) is 1. The summed E-state index contributed by atoms with van der Waals surface area (Å²) in [5, 5.41) is 8.66. The molecule has 1 saturated heterocycles. The first-order valence-corrected chi connectivity index (χ1v) is 3.54. The molecule has 1 rings (SSSR count). The Kier molecular flexibility index (Phi) is 1.94. The summed E-state index contributed by atoms with van der Waals surface area (Å²) in [7, 11) is 1.86. The van der Waals surface area contributed by atoms with Gasteiger partial charge in [0.05, 0.1) is 0 Å². The van der Waals surface area contributed by atoms with Gasteiger partial charge in [0.2, 0.25) is 0 Å². The molecule has 1 N–H and O–H groups in total. The zero-order valence-electron chi connectivity index (χ0n) is 6.37. The Morgan fingerprint density at radius 1 is 1.70 bits per heavy atom. The van der Waals surface area contributed by atoms with Gasteiger partial charge in [-0.2, -0.15) is 0 Å². The quantitative estimate of drug-likeness (QED) is 0.578. The molecule has 10 heavy (non-hydrogen) atoms. The van der Waals surface area contributed by atoms with Crippen molar-refractivity contribution in [2.24, 2.45) is 5.92 Å². The van der Waals surface area contributed by atoms with E-state index in [1.165, 1.54) is 0 Å². The van der Waals surface area contributed by atoms with Gasteiger partial charge in [0, 0.05) is 6.54 Å². The van der Waals surface area contributed by atoms with E-state index in [9.17, 15) is 4.79 Å². The van der Waals surface area contributed by atoms with Gasteiger partial charge in [-0.3, -0.25) is 9.69 Å². The third-order valence-electron chi connectivity index (χ3n) is 2.04. The van der Waals surface area contributed by atoms with Crippen LogP contribution in [0.3, 0.4) is 0 Å². The first-order chi connectivity index (χ1) is 4.61. The number of likely N-dealkylation sites (N-methyl/N-ethyl adjacent to an activating group) is 1. The maximum atomic E-state index is 10.5. The fourth-order valence-electron chi connectivity index (χ4n) is 1.54. The van der Waals surface area contributed by atoms with Crippen LogP contribution in [0.25, 0.3) is 0 Å². The van der Waals surface area contributed by atoms with Crippen LogP contribution in [0.1, 0.15) is 13.3 Å². The smallest absolute Gasteiger partial charge is 0.320 e. The Morgan fingerprint density at radius 3 is 2.50 bits per heavy atom. The van der Waals surface area contributed by atoms with Crippen molar-refractivity contribution in [3.63, 3.8) is 0 Å². The summed E-state index contributed by atoms with van der Waals surface area (Å²) in [6.07, 6.45) is 0.797. The summed E-state index contributed by atoms with van der Waals surface area (Å²) in [5.41, 5.74) is 0. The summed E-state index contributed by atoms with van der Waals surface area (Å²) >= 11 is 0. The van der Waals surface area contributed by atoms with Crippen LogP contribution in [-0.2, 0) is 4.79 Å². The summed E-state index contributed by atoms with van der Waals surface area (Å²) in [6.45, 7) is 3.00. The number of nitrogens with zero attached hydrogens (tertiary/aromatic N) is 1. The predicted octanol–water partition coefficient (Wildman–Crippen LogP) is 0.411. The number of rotatable bonds is 1. The lowest BCUT2D eigenvalue weighted by atomic mass is 10.1. The highest BCUT2D eigenvalue weighted by Crippen LogP contribution is 2.20. The first kappa shape index (κ1) is 7.54. The molecule has 3 heteroatoms. The van der Waals surface area contributed by atoms with Crippen LogP contribution in [-0.4, -0.2) is 35.6 Å². The normalized spacial score (nSPS) is 34.6. The number of hydrogen-bond acceptors (Lipinski definition) is 2. The Labute approximate surface area is 60.6 Å². The zero-order chi connectivity index (χ0) is 7.72. The Bertz CT molecular complexity index is 147. The highest BCUT2D eigenvalue weighted by molar-refractivity contribution is 5.73. The number of aliphatic carboxylic acids is 1. The number of carboxylic acids is 1. The fourth-order valence-corrected chi connectivity index (χ4v) is 1.54. The van der Waals surface area contributed by atoms with Crippen molar-refractivity contribution >= 4 is 5.97 Å². The summed E-state index contributed by atoms with van der Waals surface area (Å²) in [6, 6.07) is -0.241. The summed E-state index contributed by atoms with van der Waals surface area (Å²) in [4.78, 5) is 12.4. The van der Waals surface area contributed by atoms with Crippen LogP contribution in [0.2, 0.25) is 0 Å². The second-order valence-corrected chi connectivity index (χ2v) is 3.13. The summed E-state index contributed by atoms with van der Waals surface area (Å²) in [5.74, 6) is -0.155. The Hall–Kier alpha value is -0.570. The van der Waals surface area contributed by atoms with E-state index in [1.807, 2.05) is 11.9 Å². The largest absolute Gasteiger partial charge is 0.480 e. The maximum Gasteiger partial charge on any atom is 0.320 e. The second kappa shape index (κ2) is 2.58. The number of carbonyl (C=O) groups is 1. The Morgan fingerprint density at radius 2 is 2.30 bits per heavy atom. The molecule has 0 saturated carbocycles. The van der Waals surface area contributed by atoms with Crippen LogP contribution < -0.4 is 0 Å². The molecule has 1 aliphatic heterocycles. The maximum absolute atomic E-state index is 10.5. The van der Waals surface area contributed by atoms with E-state index in [0.717, 1.165) is 13.0 Å². The van der Waals surface area contributed by atoms with E-state index >= 15 is 0 Å². The summed E-state index contributed by atoms with van der Waals surface area (Å²) < 4.78 is 0. The van der Waals surface area contributed by atoms with E-state index < -0.39 is 5.97 Å². The third-order valence-corrected chi connectivity index (χ3v) is 2.04. The van der Waals surface area contributed by atoms with Crippen molar-refractivity contribution in [3.05, 3.63) is 0 Å². The molecular weight excluding hydrogens is 130 g/mol. The molecule has 0 bridgehead atoms. The lowest BCUT2D eigenvalue weighted by Gasteiger charge is -2.13. The molecule has 1 aliphatic rings. The molecule has 0 amide bonds.